The average molecular weight is 245 g/mol. The zero-order valence-electron chi connectivity index (χ0n) is 11.2. The van der Waals surface area contributed by atoms with Crippen LogP contribution in [0.4, 0.5) is 17.3 Å². The van der Waals surface area contributed by atoms with Crippen molar-refractivity contribution in [3.8, 4) is 0 Å². The molecule has 100 valence electrons. The molecule has 0 rings (SSSR count). The number of rotatable bonds is 4. The SMILES string of the molecule is CCC(C)(C)[N+](C)(CC)CC.F[B-](F)(F)F. The summed E-state index contributed by atoms with van der Waals surface area (Å²) in [6.45, 7) is 14.0. The van der Waals surface area contributed by atoms with Gasteiger partial charge in [-0.15, -0.1) is 0 Å². The van der Waals surface area contributed by atoms with Gasteiger partial charge in [-0.2, -0.15) is 0 Å². The Hall–Kier alpha value is -0.255. The van der Waals surface area contributed by atoms with Gasteiger partial charge < -0.3 is 21.7 Å². The van der Waals surface area contributed by atoms with Gasteiger partial charge >= 0.3 is 7.25 Å². The van der Waals surface area contributed by atoms with Crippen LogP contribution in [0.5, 0.6) is 0 Å². The number of nitrogens with zero attached hydrogens (tertiary/aromatic N) is 1. The molecular weight excluding hydrogens is 221 g/mol. The van der Waals surface area contributed by atoms with Gasteiger partial charge in [-0.25, -0.2) is 0 Å². The van der Waals surface area contributed by atoms with Gasteiger partial charge in [-0.05, 0) is 34.1 Å². The lowest BCUT2D eigenvalue weighted by molar-refractivity contribution is -0.952. The Morgan fingerprint density at radius 2 is 1.19 bits per heavy atom. The molecule has 0 fully saturated rings. The van der Waals surface area contributed by atoms with Crippen LogP contribution >= 0.6 is 0 Å². The molecule has 0 bridgehead atoms. The highest BCUT2D eigenvalue weighted by Gasteiger charge is 2.35. The summed E-state index contributed by atoms with van der Waals surface area (Å²) in [4.78, 5) is 0. The van der Waals surface area contributed by atoms with E-state index in [9.17, 15) is 17.3 Å². The first-order chi connectivity index (χ1) is 6.93. The predicted octanol–water partition coefficient (Wildman–Crippen LogP) is 3.96. The van der Waals surface area contributed by atoms with Crippen molar-refractivity contribution in [2.24, 2.45) is 0 Å². The molecule has 1 nitrogen and oxygen atoms in total. The van der Waals surface area contributed by atoms with Crippen LogP contribution < -0.4 is 0 Å². The molecule has 0 aromatic carbocycles. The van der Waals surface area contributed by atoms with Gasteiger partial charge in [0.05, 0.1) is 25.7 Å². The van der Waals surface area contributed by atoms with Crippen LogP contribution in [-0.4, -0.2) is 37.4 Å². The summed E-state index contributed by atoms with van der Waals surface area (Å²) in [5, 5.41) is 0. The van der Waals surface area contributed by atoms with Crippen LogP contribution in [0.2, 0.25) is 0 Å². The topological polar surface area (TPSA) is 0 Å². The van der Waals surface area contributed by atoms with E-state index >= 15 is 0 Å². The average Bonchev–Trinajstić information content (AvgIpc) is 2.13. The molecule has 0 aromatic rings. The molecule has 0 heterocycles. The lowest BCUT2D eigenvalue weighted by atomic mass is 9.96. The molecule has 0 aliphatic heterocycles. The Morgan fingerprint density at radius 3 is 1.25 bits per heavy atom. The highest BCUT2D eigenvalue weighted by molar-refractivity contribution is 6.50. The first-order valence-corrected chi connectivity index (χ1v) is 5.65. The van der Waals surface area contributed by atoms with Crippen molar-refractivity contribution in [3.05, 3.63) is 0 Å². The third kappa shape index (κ3) is 7.09. The van der Waals surface area contributed by atoms with Gasteiger partial charge in [0, 0.05) is 0 Å². The summed E-state index contributed by atoms with van der Waals surface area (Å²) in [5.74, 6) is 0. The third-order valence-electron chi connectivity index (χ3n) is 3.72. The minimum absolute atomic E-state index is 0.434. The van der Waals surface area contributed by atoms with Crippen LogP contribution in [0, 0.1) is 0 Å². The van der Waals surface area contributed by atoms with Gasteiger partial charge in [0.1, 0.15) is 0 Å². The van der Waals surface area contributed by atoms with Crippen LogP contribution in [0.15, 0.2) is 0 Å². The van der Waals surface area contributed by atoms with E-state index in [2.05, 4.69) is 41.7 Å². The van der Waals surface area contributed by atoms with E-state index in [1.807, 2.05) is 0 Å². The first-order valence-electron chi connectivity index (χ1n) is 5.65. The standard InChI is InChI=1S/C10H24N.BF4/c1-7-10(4,5)11(6,8-2)9-3;2-1(3,4)5/h7-9H2,1-6H3;/q+1;-1. The van der Waals surface area contributed by atoms with E-state index in [1.165, 1.54) is 24.0 Å². The van der Waals surface area contributed by atoms with Crippen molar-refractivity contribution in [2.75, 3.05) is 20.1 Å². The second-order valence-electron chi connectivity index (χ2n) is 4.69. The largest absolute Gasteiger partial charge is 0.673 e. The van der Waals surface area contributed by atoms with E-state index < -0.39 is 7.25 Å². The molecule has 0 radical (unpaired) electrons. The molecule has 6 heteroatoms. The fourth-order valence-electron chi connectivity index (χ4n) is 1.46. The second-order valence-corrected chi connectivity index (χ2v) is 4.69. The third-order valence-corrected chi connectivity index (χ3v) is 3.72. The van der Waals surface area contributed by atoms with Crippen LogP contribution in [0.25, 0.3) is 0 Å². The molecule has 0 saturated carbocycles. The molecule has 0 aliphatic carbocycles. The van der Waals surface area contributed by atoms with Crippen molar-refractivity contribution in [2.45, 2.75) is 46.6 Å². The Bertz CT molecular complexity index is 182. The molecular formula is C10H24BF4N. The smallest absolute Gasteiger partial charge is 0.418 e. The monoisotopic (exact) mass is 245 g/mol. The van der Waals surface area contributed by atoms with E-state index in [-0.39, 0.29) is 0 Å². The summed E-state index contributed by atoms with van der Waals surface area (Å²) in [6, 6.07) is 0. The molecule has 0 saturated heterocycles. The van der Waals surface area contributed by atoms with Crippen molar-refractivity contribution >= 4 is 7.25 Å². The fourth-order valence-corrected chi connectivity index (χ4v) is 1.46. The van der Waals surface area contributed by atoms with Gasteiger partial charge in [0.2, 0.25) is 0 Å². The zero-order valence-corrected chi connectivity index (χ0v) is 11.2. The predicted molar refractivity (Wildman–Crippen MR) is 61.8 cm³/mol. The maximum absolute atomic E-state index is 9.75. The Morgan fingerprint density at radius 1 is 0.938 bits per heavy atom. The normalized spacial score (nSPS) is 13.1. The molecule has 0 amide bonds. The van der Waals surface area contributed by atoms with E-state index in [0.29, 0.717) is 5.54 Å². The highest BCUT2D eigenvalue weighted by Crippen LogP contribution is 2.24. The van der Waals surface area contributed by atoms with E-state index in [4.69, 9.17) is 0 Å². The quantitative estimate of drug-likeness (QED) is 0.399. The van der Waals surface area contributed by atoms with Crippen LogP contribution in [0.3, 0.4) is 0 Å². The van der Waals surface area contributed by atoms with E-state index in [0.717, 1.165) is 0 Å². The minimum atomic E-state index is -6.00. The lowest BCUT2D eigenvalue weighted by Gasteiger charge is -2.46. The minimum Gasteiger partial charge on any atom is -0.418 e. The lowest BCUT2D eigenvalue weighted by Crippen LogP contribution is -2.58. The number of quaternary nitrogens is 1. The highest BCUT2D eigenvalue weighted by atomic mass is 19.5. The Balaban J connectivity index is 0. The summed E-state index contributed by atoms with van der Waals surface area (Å²) >= 11 is 0. The maximum atomic E-state index is 9.75. The number of halogens is 4. The van der Waals surface area contributed by atoms with Gasteiger partial charge in [0.15, 0.2) is 0 Å². The van der Waals surface area contributed by atoms with Gasteiger partial charge in [-0.3, -0.25) is 0 Å². The maximum Gasteiger partial charge on any atom is 0.673 e. The van der Waals surface area contributed by atoms with Crippen LogP contribution in [-0.2, 0) is 0 Å². The van der Waals surface area contributed by atoms with Crippen LogP contribution in [0.1, 0.15) is 41.0 Å². The zero-order chi connectivity index (χ0) is 13.6. The first kappa shape index (κ1) is 18.1. The summed E-state index contributed by atoms with van der Waals surface area (Å²) in [6.07, 6.45) is 1.26. The molecule has 0 aromatic heterocycles. The van der Waals surface area contributed by atoms with Crippen molar-refractivity contribution in [1.29, 1.82) is 0 Å². The van der Waals surface area contributed by atoms with Gasteiger partial charge in [-0.1, -0.05) is 6.92 Å². The number of hydrogen-bond acceptors (Lipinski definition) is 0. The molecule has 0 atom stereocenters. The number of hydrogen-bond donors (Lipinski definition) is 0. The summed E-state index contributed by atoms with van der Waals surface area (Å²) in [7, 11) is -3.65. The van der Waals surface area contributed by atoms with Crippen molar-refractivity contribution < 1.29 is 21.7 Å². The molecule has 0 unspecified atom stereocenters. The molecule has 0 aliphatic rings. The molecule has 0 N–H and O–H groups in total. The van der Waals surface area contributed by atoms with E-state index in [1.54, 1.807) is 0 Å². The fraction of sp³-hybridized carbons (Fsp3) is 1.00. The van der Waals surface area contributed by atoms with Crippen molar-refractivity contribution in [1.82, 2.24) is 0 Å². The molecule has 16 heavy (non-hydrogen) atoms. The Kier molecular flexibility index (Phi) is 7.33. The second kappa shape index (κ2) is 6.47. The summed E-state index contributed by atoms with van der Waals surface area (Å²) < 4.78 is 40.2. The van der Waals surface area contributed by atoms with Crippen molar-refractivity contribution in [3.63, 3.8) is 0 Å². The van der Waals surface area contributed by atoms with Gasteiger partial charge in [0.25, 0.3) is 0 Å². The summed E-state index contributed by atoms with van der Waals surface area (Å²) in [5.41, 5.74) is 0.434. The molecule has 0 spiro atoms. The Labute approximate surface area is 96.5 Å².